The molecule has 4 heteroatoms. The van der Waals surface area contributed by atoms with E-state index >= 15 is 0 Å². The molecule has 1 unspecified atom stereocenters. The van der Waals surface area contributed by atoms with Gasteiger partial charge in [-0.1, -0.05) is 13.0 Å². The van der Waals surface area contributed by atoms with E-state index in [4.69, 9.17) is 10.5 Å². The second-order valence-electron chi connectivity index (χ2n) is 6.94. The molecule has 0 saturated carbocycles. The van der Waals surface area contributed by atoms with Gasteiger partial charge >= 0.3 is 0 Å². The maximum atomic E-state index is 11.2. The van der Waals surface area contributed by atoms with Gasteiger partial charge in [-0.25, -0.2) is 0 Å². The molecule has 1 aromatic carbocycles. The number of rotatable bonds is 6. The Morgan fingerprint density at radius 3 is 2.83 bits per heavy atom. The zero-order chi connectivity index (χ0) is 17.0. The lowest BCUT2D eigenvalue weighted by atomic mass is 9.61. The van der Waals surface area contributed by atoms with Crippen molar-refractivity contribution in [3.63, 3.8) is 0 Å². The Labute approximate surface area is 139 Å². The minimum atomic E-state index is -0.211. The summed E-state index contributed by atoms with van der Waals surface area (Å²) in [5.41, 5.74) is 8.08. The zero-order valence-corrected chi connectivity index (χ0v) is 14.8. The Balaban J connectivity index is 2.42. The molecule has 3 atom stereocenters. The van der Waals surface area contributed by atoms with E-state index in [0.29, 0.717) is 18.4 Å². The summed E-state index contributed by atoms with van der Waals surface area (Å²) in [6.07, 6.45) is 3.35. The molecule has 1 amide bonds. The summed E-state index contributed by atoms with van der Waals surface area (Å²) in [6.45, 7) is 7.74. The van der Waals surface area contributed by atoms with Crippen LogP contribution in [0.15, 0.2) is 18.2 Å². The molecule has 1 fully saturated rings. The molecule has 1 saturated heterocycles. The van der Waals surface area contributed by atoms with Gasteiger partial charge in [0.25, 0.3) is 0 Å². The highest BCUT2D eigenvalue weighted by Crippen LogP contribution is 2.46. The third-order valence-electron chi connectivity index (χ3n) is 5.69. The van der Waals surface area contributed by atoms with Crippen LogP contribution in [0.4, 0.5) is 0 Å². The molecule has 1 heterocycles. The minimum absolute atomic E-state index is 0.0682. The van der Waals surface area contributed by atoms with E-state index in [1.54, 1.807) is 7.11 Å². The van der Waals surface area contributed by atoms with Gasteiger partial charge in [0.1, 0.15) is 5.75 Å². The normalized spacial score (nSPS) is 27.7. The lowest BCUT2D eigenvalue weighted by molar-refractivity contribution is -0.118. The first kappa shape index (κ1) is 17.8. The van der Waals surface area contributed by atoms with Crippen molar-refractivity contribution in [1.82, 2.24) is 5.32 Å². The fourth-order valence-electron chi connectivity index (χ4n) is 4.12. The van der Waals surface area contributed by atoms with E-state index in [-0.39, 0.29) is 11.3 Å². The van der Waals surface area contributed by atoms with Gasteiger partial charge in [0.05, 0.1) is 7.11 Å². The second-order valence-corrected chi connectivity index (χ2v) is 6.94. The van der Waals surface area contributed by atoms with Crippen LogP contribution in [0.2, 0.25) is 0 Å². The highest BCUT2D eigenvalue weighted by molar-refractivity contribution is 5.73. The number of aryl methyl sites for hydroxylation is 1. The Morgan fingerprint density at radius 2 is 2.17 bits per heavy atom. The molecule has 3 N–H and O–H groups in total. The smallest absolute Gasteiger partial charge is 0.217 e. The number of nitrogens with two attached hydrogens (primary N) is 1. The van der Waals surface area contributed by atoms with Gasteiger partial charge in [-0.2, -0.15) is 0 Å². The van der Waals surface area contributed by atoms with Crippen molar-refractivity contribution in [2.24, 2.45) is 11.7 Å². The standard InChI is InChI=1S/C19H30N2O2/c1-13-7-8-16(23-4)12-17(13)19(9-5-6-18(20)22)10-11-21-15(3)14(19)2/h7-8,12,14-15,21H,5-6,9-11H2,1-4H3,(H2,20,22)/t14-,15?,19+/m0/s1. The number of nitrogens with one attached hydrogen (secondary N) is 1. The van der Waals surface area contributed by atoms with Crippen molar-refractivity contribution >= 4 is 5.91 Å². The fraction of sp³-hybridized carbons (Fsp3) is 0.632. The van der Waals surface area contributed by atoms with Crippen molar-refractivity contribution in [2.45, 2.75) is 57.9 Å². The fourth-order valence-corrected chi connectivity index (χ4v) is 4.12. The average Bonchev–Trinajstić information content (AvgIpc) is 2.52. The monoisotopic (exact) mass is 318 g/mol. The van der Waals surface area contributed by atoms with Gasteiger partial charge in [0, 0.05) is 17.9 Å². The number of carbonyl (C=O) groups is 1. The molecule has 0 spiro atoms. The summed E-state index contributed by atoms with van der Waals surface area (Å²) in [7, 11) is 1.71. The Morgan fingerprint density at radius 1 is 1.43 bits per heavy atom. The number of hydrogen-bond acceptors (Lipinski definition) is 3. The van der Waals surface area contributed by atoms with Crippen LogP contribution in [0, 0.1) is 12.8 Å². The third kappa shape index (κ3) is 3.69. The first-order valence-corrected chi connectivity index (χ1v) is 8.57. The lowest BCUT2D eigenvalue weighted by Crippen LogP contribution is -2.52. The topological polar surface area (TPSA) is 64.3 Å². The molecule has 23 heavy (non-hydrogen) atoms. The van der Waals surface area contributed by atoms with Crippen molar-refractivity contribution in [3.8, 4) is 5.75 Å². The minimum Gasteiger partial charge on any atom is -0.497 e. The first-order chi connectivity index (χ1) is 10.9. The molecule has 0 aromatic heterocycles. The number of piperidine rings is 1. The number of hydrogen-bond donors (Lipinski definition) is 2. The summed E-state index contributed by atoms with van der Waals surface area (Å²) in [6, 6.07) is 6.80. The molecule has 0 aliphatic carbocycles. The molecule has 2 rings (SSSR count). The number of amides is 1. The van der Waals surface area contributed by atoms with Crippen LogP contribution in [0.5, 0.6) is 5.75 Å². The largest absolute Gasteiger partial charge is 0.497 e. The third-order valence-corrected chi connectivity index (χ3v) is 5.69. The summed E-state index contributed by atoms with van der Waals surface area (Å²) >= 11 is 0. The Kier molecular flexibility index (Phi) is 5.69. The Bertz CT molecular complexity index is 558. The van der Waals surface area contributed by atoms with Crippen LogP contribution in [-0.2, 0) is 10.2 Å². The molecular weight excluding hydrogens is 288 g/mol. The van der Waals surface area contributed by atoms with E-state index in [1.807, 2.05) is 6.07 Å². The molecule has 1 aromatic rings. The molecule has 4 nitrogen and oxygen atoms in total. The predicted octanol–water partition coefficient (Wildman–Crippen LogP) is 2.91. The van der Waals surface area contributed by atoms with Crippen LogP contribution >= 0.6 is 0 Å². The van der Waals surface area contributed by atoms with Crippen LogP contribution in [-0.4, -0.2) is 25.6 Å². The molecular formula is C19H30N2O2. The van der Waals surface area contributed by atoms with Gasteiger partial charge in [0.2, 0.25) is 5.91 Å². The van der Waals surface area contributed by atoms with Crippen molar-refractivity contribution < 1.29 is 9.53 Å². The average molecular weight is 318 g/mol. The van der Waals surface area contributed by atoms with E-state index in [1.165, 1.54) is 11.1 Å². The molecule has 1 aliphatic rings. The van der Waals surface area contributed by atoms with E-state index in [2.05, 4.69) is 38.2 Å². The Hall–Kier alpha value is -1.55. The van der Waals surface area contributed by atoms with E-state index < -0.39 is 0 Å². The van der Waals surface area contributed by atoms with Gasteiger partial charge in [-0.05, 0) is 68.8 Å². The summed E-state index contributed by atoms with van der Waals surface area (Å²) in [4.78, 5) is 11.2. The highest BCUT2D eigenvalue weighted by atomic mass is 16.5. The van der Waals surface area contributed by atoms with E-state index in [9.17, 15) is 4.79 Å². The van der Waals surface area contributed by atoms with Crippen LogP contribution in [0.3, 0.4) is 0 Å². The molecule has 128 valence electrons. The number of ether oxygens (including phenoxy) is 1. The second kappa shape index (κ2) is 7.35. The summed E-state index contributed by atoms with van der Waals surface area (Å²) in [5.74, 6) is 1.17. The quantitative estimate of drug-likeness (QED) is 0.847. The summed E-state index contributed by atoms with van der Waals surface area (Å²) in [5, 5.41) is 3.58. The maximum absolute atomic E-state index is 11.2. The number of benzene rings is 1. The summed E-state index contributed by atoms with van der Waals surface area (Å²) < 4.78 is 5.46. The van der Waals surface area contributed by atoms with Crippen LogP contribution in [0.1, 0.15) is 50.7 Å². The number of methoxy groups -OCH3 is 1. The molecule has 1 aliphatic heterocycles. The number of primary amides is 1. The van der Waals surface area contributed by atoms with Crippen molar-refractivity contribution in [3.05, 3.63) is 29.3 Å². The lowest BCUT2D eigenvalue weighted by Gasteiger charge is -2.48. The van der Waals surface area contributed by atoms with Gasteiger partial charge < -0.3 is 15.8 Å². The van der Waals surface area contributed by atoms with Crippen molar-refractivity contribution in [2.75, 3.05) is 13.7 Å². The maximum Gasteiger partial charge on any atom is 0.217 e. The SMILES string of the molecule is COc1ccc(C)c([C@]2(CCCC(N)=O)CCNC(C)[C@@H]2C)c1. The molecule has 0 radical (unpaired) electrons. The van der Waals surface area contributed by atoms with E-state index in [0.717, 1.165) is 31.6 Å². The van der Waals surface area contributed by atoms with Crippen LogP contribution in [0.25, 0.3) is 0 Å². The first-order valence-electron chi connectivity index (χ1n) is 8.57. The zero-order valence-electron chi connectivity index (χ0n) is 14.8. The van der Waals surface area contributed by atoms with Gasteiger partial charge in [-0.3, -0.25) is 4.79 Å². The highest BCUT2D eigenvalue weighted by Gasteiger charge is 2.43. The number of carbonyl (C=O) groups excluding carboxylic acids is 1. The van der Waals surface area contributed by atoms with Gasteiger partial charge in [0.15, 0.2) is 0 Å². The van der Waals surface area contributed by atoms with Gasteiger partial charge in [-0.15, -0.1) is 0 Å². The van der Waals surface area contributed by atoms with Crippen LogP contribution < -0.4 is 15.8 Å². The molecule has 0 bridgehead atoms. The van der Waals surface area contributed by atoms with Crippen molar-refractivity contribution in [1.29, 1.82) is 0 Å². The predicted molar refractivity (Wildman–Crippen MR) is 93.7 cm³/mol.